The first-order valence-electron chi connectivity index (χ1n) is 15.3. The van der Waals surface area contributed by atoms with E-state index in [1.165, 1.54) is 26.8 Å². The molecule has 2 amide bonds. The van der Waals surface area contributed by atoms with Crippen LogP contribution < -0.4 is 5.56 Å². The van der Waals surface area contributed by atoms with Crippen molar-refractivity contribution in [1.82, 2.24) is 23.9 Å². The van der Waals surface area contributed by atoms with Crippen molar-refractivity contribution in [2.45, 2.75) is 49.8 Å². The van der Waals surface area contributed by atoms with Crippen molar-refractivity contribution in [3.63, 3.8) is 0 Å². The standard InChI is InChI=1S/C33H34ClF2N5O6/c34-27-16-25-30(41(27)23-8-6-22(7-9-23)26-18-47-15-14-40(26)32(44)45)37-20-39(31(25)43)19-33(46)10-12-38(13-11-33)28(42)17-24(29(35)36)21-4-2-1-3-5-21/h1-9,16,20,24,26,29,46H,10-15,17-19H2,(H,44,45). The maximum absolute atomic E-state index is 13.8. The lowest BCUT2D eigenvalue weighted by Gasteiger charge is -2.38. The van der Waals surface area contributed by atoms with Crippen molar-refractivity contribution in [2.24, 2.45) is 0 Å². The van der Waals surface area contributed by atoms with Crippen LogP contribution in [0, 0.1) is 0 Å². The van der Waals surface area contributed by atoms with E-state index in [2.05, 4.69) is 4.98 Å². The molecule has 248 valence electrons. The number of aliphatic hydroxyl groups is 1. The van der Waals surface area contributed by atoms with Crippen molar-refractivity contribution in [2.75, 3.05) is 32.8 Å². The van der Waals surface area contributed by atoms with Gasteiger partial charge < -0.3 is 19.8 Å². The maximum Gasteiger partial charge on any atom is 0.407 e. The fraction of sp³-hybridized carbons (Fsp3) is 0.394. The highest BCUT2D eigenvalue weighted by Crippen LogP contribution is 2.31. The number of rotatable bonds is 8. The number of alkyl halides is 2. The van der Waals surface area contributed by atoms with Gasteiger partial charge in [-0.25, -0.2) is 18.6 Å². The topological polar surface area (TPSA) is 130 Å². The van der Waals surface area contributed by atoms with E-state index in [0.717, 1.165) is 5.56 Å². The van der Waals surface area contributed by atoms with Crippen molar-refractivity contribution < 1.29 is 33.3 Å². The fourth-order valence-electron chi connectivity index (χ4n) is 6.42. The highest BCUT2D eigenvalue weighted by Gasteiger charge is 2.36. The zero-order valence-electron chi connectivity index (χ0n) is 25.3. The van der Waals surface area contributed by atoms with Crippen LogP contribution in [0.5, 0.6) is 0 Å². The second-order valence-electron chi connectivity index (χ2n) is 12.0. The molecule has 0 spiro atoms. The van der Waals surface area contributed by atoms with Crippen LogP contribution in [0.4, 0.5) is 13.6 Å². The number of amides is 2. The Morgan fingerprint density at radius 3 is 2.43 bits per heavy atom. The minimum Gasteiger partial charge on any atom is -0.465 e. The summed E-state index contributed by atoms with van der Waals surface area (Å²) in [5, 5.41) is 21.4. The lowest BCUT2D eigenvalue weighted by Crippen LogP contribution is -2.50. The first kappa shape index (κ1) is 32.6. The molecule has 11 nitrogen and oxygen atoms in total. The molecule has 6 rings (SSSR count). The molecule has 2 aromatic heterocycles. The van der Waals surface area contributed by atoms with Crippen molar-refractivity contribution >= 4 is 34.6 Å². The van der Waals surface area contributed by atoms with Crippen LogP contribution in [0.1, 0.15) is 42.3 Å². The molecule has 4 heterocycles. The molecule has 0 saturated carbocycles. The van der Waals surface area contributed by atoms with E-state index in [-0.39, 0.29) is 62.6 Å². The number of ether oxygens (including phenoxy) is 1. The predicted octanol–water partition coefficient (Wildman–Crippen LogP) is 4.68. The lowest BCUT2D eigenvalue weighted by atomic mass is 9.90. The van der Waals surface area contributed by atoms with Crippen LogP contribution in [0.25, 0.3) is 16.7 Å². The number of fused-ring (bicyclic) bond motifs is 1. The molecule has 0 radical (unpaired) electrons. The van der Waals surface area contributed by atoms with Crippen molar-refractivity contribution in [1.29, 1.82) is 0 Å². The molecule has 2 atom stereocenters. The van der Waals surface area contributed by atoms with Gasteiger partial charge in [-0.3, -0.25) is 23.6 Å². The summed E-state index contributed by atoms with van der Waals surface area (Å²) < 4.78 is 36.0. The number of nitrogens with zero attached hydrogens (tertiary/aromatic N) is 5. The monoisotopic (exact) mass is 669 g/mol. The summed E-state index contributed by atoms with van der Waals surface area (Å²) in [7, 11) is 0. The third-order valence-electron chi connectivity index (χ3n) is 9.09. The van der Waals surface area contributed by atoms with Gasteiger partial charge in [0.2, 0.25) is 12.3 Å². The molecule has 47 heavy (non-hydrogen) atoms. The molecular formula is C33H34ClF2N5O6. The molecule has 2 unspecified atom stereocenters. The summed E-state index contributed by atoms with van der Waals surface area (Å²) in [5.74, 6) is -1.62. The molecule has 2 fully saturated rings. The summed E-state index contributed by atoms with van der Waals surface area (Å²) in [4.78, 5) is 45.5. The molecule has 2 aliphatic rings. The van der Waals surface area contributed by atoms with E-state index in [4.69, 9.17) is 16.3 Å². The number of morpholine rings is 1. The second-order valence-corrected chi connectivity index (χ2v) is 12.4. The summed E-state index contributed by atoms with van der Waals surface area (Å²) in [6, 6.07) is 16.4. The summed E-state index contributed by atoms with van der Waals surface area (Å²) in [6.07, 6.45) is -2.38. The summed E-state index contributed by atoms with van der Waals surface area (Å²) in [6.45, 7) is 1.12. The second kappa shape index (κ2) is 13.4. The van der Waals surface area contributed by atoms with Gasteiger partial charge in [-0.2, -0.15) is 0 Å². The Balaban J connectivity index is 1.14. The van der Waals surface area contributed by atoms with Crippen LogP contribution in [0.3, 0.4) is 0 Å². The zero-order valence-corrected chi connectivity index (χ0v) is 26.1. The number of carboxylic acid groups (broad SMARTS) is 1. The number of hydrogen-bond donors (Lipinski definition) is 2. The number of benzene rings is 2. The highest BCUT2D eigenvalue weighted by atomic mass is 35.5. The molecular weight excluding hydrogens is 636 g/mol. The molecule has 4 aromatic rings. The maximum atomic E-state index is 13.8. The smallest absolute Gasteiger partial charge is 0.407 e. The minimum atomic E-state index is -2.69. The molecule has 14 heteroatoms. The van der Waals surface area contributed by atoms with Gasteiger partial charge >= 0.3 is 6.09 Å². The number of likely N-dealkylation sites (tertiary alicyclic amines) is 1. The number of carbonyl (C=O) groups is 2. The fourth-order valence-corrected chi connectivity index (χ4v) is 6.70. The Kier molecular flexibility index (Phi) is 9.31. The average molecular weight is 670 g/mol. The first-order chi connectivity index (χ1) is 22.5. The van der Waals surface area contributed by atoms with E-state index < -0.39 is 41.5 Å². The van der Waals surface area contributed by atoms with Crippen LogP contribution in [0.15, 0.2) is 71.8 Å². The van der Waals surface area contributed by atoms with Crippen molar-refractivity contribution in [3.8, 4) is 5.69 Å². The van der Waals surface area contributed by atoms with Gasteiger partial charge in [0.1, 0.15) is 11.5 Å². The Morgan fingerprint density at radius 1 is 1.06 bits per heavy atom. The summed E-state index contributed by atoms with van der Waals surface area (Å²) in [5.41, 5.74) is 0.375. The molecule has 2 aliphatic heterocycles. The van der Waals surface area contributed by atoms with E-state index in [0.29, 0.717) is 23.5 Å². The lowest BCUT2D eigenvalue weighted by molar-refractivity contribution is -0.137. The van der Waals surface area contributed by atoms with Gasteiger partial charge in [0.05, 0.1) is 42.7 Å². The molecule has 0 bridgehead atoms. The molecule has 2 aromatic carbocycles. The van der Waals surface area contributed by atoms with Crippen LogP contribution in [0.2, 0.25) is 5.15 Å². The Bertz CT molecular complexity index is 1810. The third kappa shape index (κ3) is 6.74. The van der Waals surface area contributed by atoms with E-state index >= 15 is 0 Å². The van der Waals surface area contributed by atoms with E-state index in [1.807, 2.05) is 0 Å². The van der Waals surface area contributed by atoms with Gasteiger partial charge in [-0.15, -0.1) is 0 Å². The Hall–Kier alpha value is -4.33. The highest BCUT2D eigenvalue weighted by molar-refractivity contribution is 6.31. The largest absolute Gasteiger partial charge is 0.465 e. The van der Waals surface area contributed by atoms with Gasteiger partial charge in [0.25, 0.3) is 5.56 Å². The Labute approximate surface area is 273 Å². The summed E-state index contributed by atoms with van der Waals surface area (Å²) >= 11 is 6.57. The normalized spacial score (nSPS) is 18.9. The quantitative estimate of drug-likeness (QED) is 0.279. The van der Waals surface area contributed by atoms with Crippen LogP contribution >= 0.6 is 11.6 Å². The van der Waals surface area contributed by atoms with Gasteiger partial charge in [0, 0.05) is 31.7 Å². The van der Waals surface area contributed by atoms with Crippen molar-refractivity contribution in [3.05, 3.63) is 93.6 Å². The van der Waals surface area contributed by atoms with Gasteiger partial charge in [-0.1, -0.05) is 54.1 Å². The number of aromatic nitrogens is 3. The van der Waals surface area contributed by atoms with E-state index in [9.17, 15) is 33.4 Å². The number of hydrogen-bond acceptors (Lipinski definition) is 6. The van der Waals surface area contributed by atoms with E-state index in [1.54, 1.807) is 59.2 Å². The SMILES string of the molecule is O=C(CC(c1ccccc1)C(F)F)N1CCC(O)(Cn2cnc3c(cc(Cl)n3-c3ccc(C4COCCN4C(=O)O)cc3)c2=O)CC1. The molecule has 0 aliphatic carbocycles. The number of piperidine rings is 1. The first-order valence-corrected chi connectivity index (χ1v) is 15.7. The average Bonchev–Trinajstić information content (AvgIpc) is 3.41. The zero-order chi connectivity index (χ0) is 33.3. The predicted molar refractivity (Wildman–Crippen MR) is 169 cm³/mol. The van der Waals surface area contributed by atoms with Gasteiger partial charge in [0.15, 0.2) is 5.65 Å². The van der Waals surface area contributed by atoms with Gasteiger partial charge in [-0.05, 0) is 42.2 Å². The third-order valence-corrected chi connectivity index (χ3v) is 9.37. The molecule has 2 N–H and O–H groups in total. The number of halogens is 3. The Morgan fingerprint density at radius 2 is 1.77 bits per heavy atom. The minimum absolute atomic E-state index is 0.0679. The van der Waals surface area contributed by atoms with Crippen LogP contribution in [-0.2, 0) is 16.1 Å². The van der Waals surface area contributed by atoms with Crippen LogP contribution in [-0.4, -0.2) is 91.0 Å². The molecule has 2 saturated heterocycles. The number of carbonyl (C=O) groups excluding carboxylic acids is 1.